The highest BCUT2D eigenvalue weighted by molar-refractivity contribution is 8.31. The summed E-state index contributed by atoms with van der Waals surface area (Å²) in [5.41, 5.74) is 0. The van der Waals surface area contributed by atoms with Crippen LogP contribution < -0.4 is 0 Å². The molecule has 0 nitrogen and oxygen atoms in total. The van der Waals surface area contributed by atoms with Gasteiger partial charge in [-0.25, -0.2) is 0 Å². The molecule has 0 fully saturated rings. The van der Waals surface area contributed by atoms with Crippen LogP contribution >= 0.6 is 33.2 Å². The van der Waals surface area contributed by atoms with Gasteiger partial charge in [0.15, 0.2) is 0 Å². The quantitative estimate of drug-likeness (QED) is 0.354. The van der Waals surface area contributed by atoms with Gasteiger partial charge < -0.3 is 0 Å². The van der Waals surface area contributed by atoms with Gasteiger partial charge >= 0.3 is 0 Å². The van der Waals surface area contributed by atoms with Gasteiger partial charge in [-0.1, -0.05) is 21.5 Å². The lowest BCUT2D eigenvalue weighted by Gasteiger charge is -1.76. The van der Waals surface area contributed by atoms with Crippen molar-refractivity contribution >= 4 is 37.2 Å². The summed E-state index contributed by atoms with van der Waals surface area (Å²) in [6.07, 6.45) is 1.95. The molecule has 0 rings (SSSR count). The third-order valence-electron chi connectivity index (χ3n) is 0.201. The van der Waals surface area contributed by atoms with Crippen LogP contribution in [0, 0.1) is 0 Å². The second kappa shape index (κ2) is 3.08. The van der Waals surface area contributed by atoms with Crippen LogP contribution in [0.2, 0.25) is 0 Å². The minimum absolute atomic E-state index is 0.921. The van der Waals surface area contributed by atoms with Crippen molar-refractivity contribution in [3.63, 3.8) is 0 Å². The Morgan fingerprint density at radius 2 is 2.20 bits per heavy atom. The summed E-state index contributed by atoms with van der Waals surface area (Å²) in [7, 11) is 2.43. The molecule has 0 saturated heterocycles. The zero-order valence-corrected chi connectivity index (χ0v) is 5.68. The van der Waals surface area contributed by atoms with Gasteiger partial charge in [0.05, 0.1) is 3.94 Å². The van der Waals surface area contributed by atoms with Crippen LogP contribution in [0.4, 0.5) is 0 Å². The molecular formula is C2H5PS2. The van der Waals surface area contributed by atoms with Crippen LogP contribution in [0.3, 0.4) is 0 Å². The average molecular weight is 124 g/mol. The third kappa shape index (κ3) is 4.87. The smallest absolute Gasteiger partial charge is 0.0643 e. The van der Waals surface area contributed by atoms with Crippen molar-refractivity contribution in [1.29, 1.82) is 0 Å². The van der Waals surface area contributed by atoms with E-state index in [9.17, 15) is 0 Å². The van der Waals surface area contributed by atoms with E-state index in [1.165, 1.54) is 0 Å². The first kappa shape index (κ1) is 5.87. The Balaban J connectivity index is 2.85. The van der Waals surface area contributed by atoms with E-state index in [0.29, 0.717) is 0 Å². The SMILES string of the molecule is CSC(P)=S. The topological polar surface area (TPSA) is 0 Å². The highest BCUT2D eigenvalue weighted by Gasteiger charge is 1.71. The molecule has 0 aliphatic carbocycles. The fourth-order valence-electron chi connectivity index (χ4n) is 0. The molecule has 0 heterocycles. The number of thiocarbonyl (C=S) groups is 1. The Hall–Kier alpha value is 0.870. The van der Waals surface area contributed by atoms with E-state index in [4.69, 9.17) is 0 Å². The lowest BCUT2D eigenvalue weighted by atomic mass is 11.9. The Morgan fingerprint density at radius 1 is 2.00 bits per heavy atom. The number of thioether (sulfide) groups is 1. The average Bonchev–Trinajstić information content (AvgIpc) is 1.38. The lowest BCUT2D eigenvalue weighted by Crippen LogP contribution is -1.58. The minimum atomic E-state index is 0.921. The molecule has 0 radical (unpaired) electrons. The van der Waals surface area contributed by atoms with E-state index < -0.39 is 0 Å². The van der Waals surface area contributed by atoms with Crippen LogP contribution in [0.1, 0.15) is 0 Å². The highest BCUT2D eigenvalue weighted by Crippen LogP contribution is 2.03. The van der Waals surface area contributed by atoms with Gasteiger partial charge in [-0.15, -0.1) is 11.8 Å². The van der Waals surface area contributed by atoms with E-state index in [2.05, 4.69) is 21.5 Å². The van der Waals surface area contributed by atoms with Crippen LogP contribution in [0.25, 0.3) is 0 Å². The molecule has 0 saturated carbocycles. The van der Waals surface area contributed by atoms with Crippen LogP contribution in [0.5, 0.6) is 0 Å². The second-order valence-corrected chi connectivity index (χ2v) is 3.48. The summed E-state index contributed by atoms with van der Waals surface area (Å²) < 4.78 is 0.921. The Labute approximate surface area is 43.9 Å². The maximum absolute atomic E-state index is 4.62. The molecule has 0 aromatic heterocycles. The van der Waals surface area contributed by atoms with E-state index in [1.54, 1.807) is 11.8 Å². The van der Waals surface area contributed by atoms with Gasteiger partial charge in [-0.3, -0.25) is 0 Å². The molecule has 0 aliphatic heterocycles. The summed E-state index contributed by atoms with van der Waals surface area (Å²) in [4.78, 5) is 0. The van der Waals surface area contributed by atoms with Crippen molar-refractivity contribution in [2.75, 3.05) is 6.26 Å². The van der Waals surface area contributed by atoms with Crippen LogP contribution in [-0.2, 0) is 0 Å². The fraction of sp³-hybridized carbons (Fsp3) is 0.500. The van der Waals surface area contributed by atoms with E-state index >= 15 is 0 Å². The summed E-state index contributed by atoms with van der Waals surface area (Å²) in [6.45, 7) is 0. The molecule has 0 spiro atoms. The Kier molecular flexibility index (Phi) is 3.61. The molecular weight excluding hydrogens is 119 g/mol. The van der Waals surface area contributed by atoms with Gasteiger partial charge in [-0.2, -0.15) is 0 Å². The van der Waals surface area contributed by atoms with Crippen molar-refractivity contribution in [3.05, 3.63) is 0 Å². The Bertz CT molecular complexity index is 42.9. The molecule has 0 aromatic carbocycles. The Morgan fingerprint density at radius 3 is 2.20 bits per heavy atom. The van der Waals surface area contributed by atoms with E-state index in [0.717, 1.165) is 3.94 Å². The summed E-state index contributed by atoms with van der Waals surface area (Å²) >= 11 is 6.20. The van der Waals surface area contributed by atoms with Crippen molar-refractivity contribution in [1.82, 2.24) is 0 Å². The second-order valence-electron chi connectivity index (χ2n) is 0.523. The molecule has 5 heavy (non-hydrogen) atoms. The molecule has 30 valence electrons. The van der Waals surface area contributed by atoms with Gasteiger partial charge in [-0.05, 0) is 6.26 Å². The monoisotopic (exact) mass is 124 g/mol. The van der Waals surface area contributed by atoms with E-state index in [-0.39, 0.29) is 0 Å². The molecule has 1 atom stereocenters. The van der Waals surface area contributed by atoms with E-state index in [1.807, 2.05) is 6.26 Å². The normalized spacial score (nSPS) is 7.60. The maximum Gasteiger partial charge on any atom is 0.0643 e. The van der Waals surface area contributed by atoms with Crippen LogP contribution in [0.15, 0.2) is 0 Å². The van der Waals surface area contributed by atoms with Crippen molar-refractivity contribution < 1.29 is 0 Å². The van der Waals surface area contributed by atoms with Crippen molar-refractivity contribution in [2.45, 2.75) is 0 Å². The number of rotatable bonds is 0. The predicted octanol–water partition coefficient (Wildman–Crippen LogP) is 1.51. The van der Waals surface area contributed by atoms with Gasteiger partial charge in [0.1, 0.15) is 0 Å². The third-order valence-corrected chi connectivity index (χ3v) is 1.81. The standard InChI is InChI=1S/C2H5PS2/c1-5-2(3)4/h3H2,1H3. The fourth-order valence-corrected chi connectivity index (χ4v) is 0. The zero-order valence-electron chi connectivity index (χ0n) is 2.89. The zero-order chi connectivity index (χ0) is 4.28. The first-order valence-electron chi connectivity index (χ1n) is 1.11. The van der Waals surface area contributed by atoms with Gasteiger partial charge in [0.25, 0.3) is 0 Å². The summed E-state index contributed by atoms with van der Waals surface area (Å²) in [5, 5.41) is 0. The molecule has 0 amide bonds. The van der Waals surface area contributed by atoms with Gasteiger partial charge in [0, 0.05) is 0 Å². The predicted molar refractivity (Wildman–Crippen MR) is 35.8 cm³/mol. The molecule has 0 bridgehead atoms. The summed E-state index contributed by atoms with van der Waals surface area (Å²) in [5.74, 6) is 0. The highest BCUT2D eigenvalue weighted by atomic mass is 32.2. The number of hydrogen-bond acceptors (Lipinski definition) is 2. The minimum Gasteiger partial charge on any atom is -0.118 e. The van der Waals surface area contributed by atoms with Crippen molar-refractivity contribution in [2.24, 2.45) is 0 Å². The molecule has 0 aromatic rings. The molecule has 1 unspecified atom stereocenters. The van der Waals surface area contributed by atoms with Crippen molar-refractivity contribution in [3.8, 4) is 0 Å². The molecule has 3 heteroatoms. The number of hydrogen-bond donors (Lipinski definition) is 0. The van der Waals surface area contributed by atoms with Gasteiger partial charge in [0.2, 0.25) is 0 Å². The first-order chi connectivity index (χ1) is 2.27. The maximum atomic E-state index is 4.62. The van der Waals surface area contributed by atoms with Crippen LogP contribution in [-0.4, -0.2) is 10.2 Å². The lowest BCUT2D eigenvalue weighted by molar-refractivity contribution is 2.54. The molecule has 0 N–H and O–H groups in total. The molecule has 0 aliphatic rings. The largest absolute Gasteiger partial charge is 0.118 e. The summed E-state index contributed by atoms with van der Waals surface area (Å²) in [6, 6.07) is 0. The first-order valence-corrected chi connectivity index (χ1v) is 3.32.